The summed E-state index contributed by atoms with van der Waals surface area (Å²) in [5, 5.41) is 2.83. The number of sulfonamides is 1. The van der Waals surface area contributed by atoms with Crippen LogP contribution in [0.2, 0.25) is 0 Å². The number of nitrogens with zero attached hydrogens (tertiary/aromatic N) is 1. The third-order valence-corrected chi connectivity index (χ3v) is 7.08. The Morgan fingerprint density at radius 3 is 2.39 bits per heavy atom. The van der Waals surface area contributed by atoms with Crippen molar-refractivity contribution in [3.8, 4) is 11.5 Å². The molecule has 0 radical (unpaired) electrons. The number of para-hydroxylation sites is 2. The van der Waals surface area contributed by atoms with Crippen LogP contribution in [0.5, 0.6) is 11.5 Å². The van der Waals surface area contributed by atoms with Crippen LogP contribution in [-0.4, -0.2) is 31.7 Å². The molecule has 7 heteroatoms. The maximum absolute atomic E-state index is 12.9. The number of hydrogen-bond donors (Lipinski definition) is 1. The first-order valence-electron chi connectivity index (χ1n) is 10.2. The number of amides is 1. The smallest absolute Gasteiger partial charge is 0.255 e. The standard InChI is InChI=1S/C24H24N2O4S/c1-18-11-13-20(14-12-18)30-23-10-3-2-9-22(23)25-24(27)19-7-6-8-21(17-19)31(28,29)26-15-4-5-16-26/h2-3,6-14,17H,4-5,15-16H2,1H3,(H,25,27). The van der Waals surface area contributed by atoms with Crippen molar-refractivity contribution in [2.45, 2.75) is 24.7 Å². The fraction of sp³-hybridized carbons (Fsp3) is 0.208. The van der Waals surface area contributed by atoms with Gasteiger partial charge in [0, 0.05) is 18.7 Å². The molecular weight excluding hydrogens is 412 g/mol. The Morgan fingerprint density at radius 2 is 1.65 bits per heavy atom. The molecule has 6 nitrogen and oxygen atoms in total. The van der Waals surface area contributed by atoms with Crippen molar-refractivity contribution in [3.63, 3.8) is 0 Å². The minimum Gasteiger partial charge on any atom is -0.455 e. The molecule has 0 spiro atoms. The van der Waals surface area contributed by atoms with Gasteiger partial charge in [-0.1, -0.05) is 35.9 Å². The van der Waals surface area contributed by atoms with Crippen molar-refractivity contribution >= 4 is 21.6 Å². The summed E-state index contributed by atoms with van der Waals surface area (Å²) in [5.74, 6) is 0.755. The Bertz CT molecular complexity index is 1180. The van der Waals surface area contributed by atoms with Crippen LogP contribution in [0, 0.1) is 6.92 Å². The number of aryl methyl sites for hydroxylation is 1. The quantitative estimate of drug-likeness (QED) is 0.601. The fourth-order valence-corrected chi connectivity index (χ4v) is 5.03. The molecule has 1 fully saturated rings. The highest BCUT2D eigenvalue weighted by molar-refractivity contribution is 7.89. The largest absolute Gasteiger partial charge is 0.455 e. The first-order chi connectivity index (χ1) is 14.9. The molecule has 1 N–H and O–H groups in total. The average Bonchev–Trinajstić information content (AvgIpc) is 3.33. The van der Waals surface area contributed by atoms with Crippen LogP contribution < -0.4 is 10.1 Å². The van der Waals surface area contributed by atoms with Crippen molar-refractivity contribution in [1.82, 2.24) is 4.31 Å². The molecule has 0 unspecified atom stereocenters. The van der Waals surface area contributed by atoms with Gasteiger partial charge in [-0.15, -0.1) is 0 Å². The molecule has 0 saturated carbocycles. The predicted molar refractivity (Wildman–Crippen MR) is 120 cm³/mol. The summed E-state index contributed by atoms with van der Waals surface area (Å²) in [6.07, 6.45) is 1.72. The average molecular weight is 437 g/mol. The van der Waals surface area contributed by atoms with E-state index in [1.54, 1.807) is 30.3 Å². The Hall–Kier alpha value is -3.16. The number of rotatable bonds is 6. The maximum atomic E-state index is 12.9. The minimum absolute atomic E-state index is 0.131. The first kappa shape index (κ1) is 21.1. The van der Waals surface area contributed by atoms with E-state index in [0.717, 1.165) is 18.4 Å². The van der Waals surface area contributed by atoms with E-state index in [-0.39, 0.29) is 10.5 Å². The lowest BCUT2D eigenvalue weighted by atomic mass is 10.2. The lowest BCUT2D eigenvalue weighted by molar-refractivity contribution is 0.102. The molecule has 3 aromatic carbocycles. The molecule has 0 aliphatic carbocycles. The van der Waals surface area contributed by atoms with Crippen LogP contribution in [0.3, 0.4) is 0 Å². The van der Waals surface area contributed by atoms with Crippen LogP contribution in [0.4, 0.5) is 5.69 Å². The number of benzene rings is 3. The van der Waals surface area contributed by atoms with Gasteiger partial charge in [0.1, 0.15) is 5.75 Å². The van der Waals surface area contributed by atoms with E-state index in [0.29, 0.717) is 30.3 Å². The molecule has 31 heavy (non-hydrogen) atoms. The van der Waals surface area contributed by atoms with E-state index >= 15 is 0 Å². The minimum atomic E-state index is -3.59. The molecule has 0 aromatic heterocycles. The first-order valence-corrected chi connectivity index (χ1v) is 11.6. The predicted octanol–water partition coefficient (Wildman–Crippen LogP) is 4.82. The lowest BCUT2D eigenvalue weighted by Gasteiger charge is -2.16. The zero-order valence-corrected chi connectivity index (χ0v) is 18.1. The number of carbonyl (C=O) groups excluding carboxylic acids is 1. The SMILES string of the molecule is Cc1ccc(Oc2ccccc2NC(=O)c2cccc(S(=O)(=O)N3CCCC3)c2)cc1. The molecule has 160 valence electrons. The van der Waals surface area contributed by atoms with Crippen molar-refractivity contribution in [2.24, 2.45) is 0 Å². The number of hydrogen-bond acceptors (Lipinski definition) is 4. The van der Waals surface area contributed by atoms with Crippen molar-refractivity contribution < 1.29 is 17.9 Å². The molecule has 4 rings (SSSR count). The second-order valence-electron chi connectivity index (χ2n) is 7.50. The molecule has 0 atom stereocenters. The van der Waals surface area contributed by atoms with E-state index in [9.17, 15) is 13.2 Å². The topological polar surface area (TPSA) is 75.7 Å². The third-order valence-electron chi connectivity index (χ3n) is 5.18. The van der Waals surface area contributed by atoms with Gasteiger partial charge in [-0.05, 0) is 62.2 Å². The molecule has 1 aliphatic rings. The normalized spacial score (nSPS) is 14.4. The van der Waals surface area contributed by atoms with E-state index in [4.69, 9.17) is 4.74 Å². The highest BCUT2D eigenvalue weighted by atomic mass is 32.2. The van der Waals surface area contributed by atoms with Crippen LogP contribution in [-0.2, 0) is 10.0 Å². The van der Waals surface area contributed by atoms with E-state index in [1.807, 2.05) is 37.3 Å². The third kappa shape index (κ3) is 4.78. The molecular formula is C24H24N2O4S. The molecule has 3 aromatic rings. The van der Waals surface area contributed by atoms with Gasteiger partial charge in [-0.3, -0.25) is 4.79 Å². The van der Waals surface area contributed by atoms with Crippen LogP contribution >= 0.6 is 0 Å². The van der Waals surface area contributed by atoms with Crippen molar-refractivity contribution in [1.29, 1.82) is 0 Å². The van der Waals surface area contributed by atoms with Gasteiger partial charge in [0.25, 0.3) is 5.91 Å². The van der Waals surface area contributed by atoms with Crippen LogP contribution in [0.25, 0.3) is 0 Å². The molecule has 0 bridgehead atoms. The molecule has 1 saturated heterocycles. The Kier molecular flexibility index (Phi) is 6.06. The van der Waals surface area contributed by atoms with Crippen molar-refractivity contribution in [2.75, 3.05) is 18.4 Å². The molecule has 1 amide bonds. The van der Waals surface area contributed by atoms with Crippen LogP contribution in [0.1, 0.15) is 28.8 Å². The molecule has 1 heterocycles. The Labute approximate surface area is 182 Å². The van der Waals surface area contributed by atoms with Gasteiger partial charge in [0.2, 0.25) is 10.0 Å². The molecule has 1 aliphatic heterocycles. The van der Waals surface area contributed by atoms with E-state index in [1.165, 1.54) is 16.4 Å². The number of carbonyl (C=O) groups is 1. The van der Waals surface area contributed by atoms with Gasteiger partial charge in [-0.2, -0.15) is 4.31 Å². The zero-order chi connectivity index (χ0) is 21.8. The Balaban J connectivity index is 1.55. The monoisotopic (exact) mass is 436 g/mol. The highest BCUT2D eigenvalue weighted by Gasteiger charge is 2.27. The summed E-state index contributed by atoms with van der Waals surface area (Å²) in [6, 6.07) is 20.9. The van der Waals surface area contributed by atoms with Gasteiger partial charge in [0.15, 0.2) is 5.75 Å². The van der Waals surface area contributed by atoms with Crippen molar-refractivity contribution in [3.05, 3.63) is 83.9 Å². The fourth-order valence-electron chi connectivity index (χ4n) is 3.46. The lowest BCUT2D eigenvalue weighted by Crippen LogP contribution is -2.28. The van der Waals surface area contributed by atoms with Gasteiger partial charge in [-0.25, -0.2) is 8.42 Å². The summed E-state index contributed by atoms with van der Waals surface area (Å²) in [4.78, 5) is 13.0. The summed E-state index contributed by atoms with van der Waals surface area (Å²) in [5.41, 5.74) is 1.89. The van der Waals surface area contributed by atoms with Gasteiger partial charge < -0.3 is 10.1 Å². The number of anilines is 1. The zero-order valence-electron chi connectivity index (χ0n) is 17.2. The second kappa shape index (κ2) is 8.91. The summed E-state index contributed by atoms with van der Waals surface area (Å²) < 4.78 is 33.0. The number of ether oxygens (including phenoxy) is 1. The number of nitrogens with one attached hydrogen (secondary N) is 1. The van der Waals surface area contributed by atoms with Gasteiger partial charge >= 0.3 is 0 Å². The van der Waals surface area contributed by atoms with Gasteiger partial charge in [0.05, 0.1) is 10.6 Å². The second-order valence-corrected chi connectivity index (χ2v) is 9.44. The highest BCUT2D eigenvalue weighted by Crippen LogP contribution is 2.30. The maximum Gasteiger partial charge on any atom is 0.255 e. The summed E-state index contributed by atoms with van der Waals surface area (Å²) in [6.45, 7) is 3.03. The van der Waals surface area contributed by atoms with Crippen LogP contribution in [0.15, 0.2) is 77.7 Å². The van der Waals surface area contributed by atoms with E-state index < -0.39 is 15.9 Å². The summed E-state index contributed by atoms with van der Waals surface area (Å²) >= 11 is 0. The Morgan fingerprint density at radius 1 is 0.935 bits per heavy atom. The van der Waals surface area contributed by atoms with E-state index in [2.05, 4.69) is 5.32 Å². The summed E-state index contributed by atoms with van der Waals surface area (Å²) in [7, 11) is -3.59.